The van der Waals surface area contributed by atoms with Crippen molar-refractivity contribution in [3.8, 4) is 0 Å². The average molecular weight is 348 g/mol. The van der Waals surface area contributed by atoms with Crippen molar-refractivity contribution in [1.29, 1.82) is 0 Å². The summed E-state index contributed by atoms with van der Waals surface area (Å²) in [5.41, 5.74) is 1.70. The van der Waals surface area contributed by atoms with Gasteiger partial charge in [-0.15, -0.1) is 0 Å². The van der Waals surface area contributed by atoms with Crippen molar-refractivity contribution < 1.29 is 5.11 Å². The van der Waals surface area contributed by atoms with Gasteiger partial charge in [-0.3, -0.25) is 0 Å². The molecule has 1 spiro atoms. The Morgan fingerprint density at radius 2 is 1.86 bits per heavy atom. The number of halogens is 1. The van der Waals surface area contributed by atoms with E-state index in [4.69, 9.17) is 0 Å². The zero-order chi connectivity index (χ0) is 14.3. The van der Waals surface area contributed by atoms with Crippen LogP contribution in [-0.2, 0) is 6.54 Å². The van der Waals surface area contributed by atoms with Gasteiger partial charge in [-0.05, 0) is 73.5 Å². The van der Waals surface area contributed by atoms with Crippen molar-refractivity contribution in [3.63, 3.8) is 0 Å². The molecule has 0 amide bonds. The number of fused-ring (bicyclic) bond motifs is 2. The Kier molecular flexibility index (Phi) is 2.45. The molecule has 4 saturated carbocycles. The summed E-state index contributed by atoms with van der Waals surface area (Å²) >= 11 is 3.49. The molecule has 3 heteroatoms. The molecule has 0 heterocycles. The molecule has 4 aliphatic rings. The minimum Gasteiger partial charge on any atom is -0.390 e. The molecule has 1 aromatic rings. The largest absolute Gasteiger partial charge is 0.390 e. The van der Waals surface area contributed by atoms with Crippen LogP contribution >= 0.6 is 15.9 Å². The fraction of sp³-hybridized carbons (Fsp3) is 0.667. The first kappa shape index (κ1) is 13.1. The molecule has 0 radical (unpaired) electrons. The van der Waals surface area contributed by atoms with Gasteiger partial charge in [-0.25, -0.2) is 0 Å². The van der Waals surface area contributed by atoms with Crippen LogP contribution in [0.3, 0.4) is 0 Å². The summed E-state index contributed by atoms with van der Waals surface area (Å²) in [6, 6.07) is 8.59. The quantitative estimate of drug-likeness (QED) is 0.875. The molecule has 2 nitrogen and oxygen atoms in total. The zero-order valence-corrected chi connectivity index (χ0v) is 13.8. The van der Waals surface area contributed by atoms with Crippen LogP contribution in [0.5, 0.6) is 0 Å². The van der Waals surface area contributed by atoms with Gasteiger partial charge in [0, 0.05) is 16.6 Å². The average Bonchev–Trinajstić information content (AvgIpc) is 2.72. The van der Waals surface area contributed by atoms with E-state index in [0.717, 1.165) is 42.1 Å². The van der Waals surface area contributed by atoms with E-state index < -0.39 is 0 Å². The molecular formula is C18H22BrNO. The zero-order valence-electron chi connectivity index (χ0n) is 12.2. The van der Waals surface area contributed by atoms with E-state index in [-0.39, 0.29) is 11.1 Å². The second-order valence-corrected chi connectivity index (χ2v) is 9.20. The molecule has 21 heavy (non-hydrogen) atoms. The maximum Gasteiger partial charge on any atom is 0.0673 e. The van der Waals surface area contributed by atoms with E-state index in [0.29, 0.717) is 5.41 Å². The molecule has 5 atom stereocenters. The first-order valence-electron chi connectivity index (χ1n) is 8.23. The summed E-state index contributed by atoms with van der Waals surface area (Å²) < 4.78 is 1.13. The summed E-state index contributed by atoms with van der Waals surface area (Å²) in [6.07, 6.45) is 7.13. The lowest BCUT2D eigenvalue weighted by molar-refractivity contribution is -0.0346. The molecular weight excluding hydrogens is 326 g/mol. The first-order valence-corrected chi connectivity index (χ1v) is 9.02. The Hall–Kier alpha value is -0.380. The smallest absolute Gasteiger partial charge is 0.0673 e. The third-order valence-electron chi connectivity index (χ3n) is 7.03. The highest BCUT2D eigenvalue weighted by Crippen LogP contribution is 2.77. The van der Waals surface area contributed by atoms with Crippen molar-refractivity contribution in [2.45, 2.75) is 56.2 Å². The highest BCUT2D eigenvalue weighted by Gasteiger charge is 2.74. The monoisotopic (exact) mass is 347 g/mol. The third-order valence-corrected chi connectivity index (χ3v) is 7.56. The van der Waals surface area contributed by atoms with E-state index >= 15 is 0 Å². The molecule has 112 valence electrons. The van der Waals surface area contributed by atoms with E-state index in [2.05, 4.69) is 45.5 Å². The van der Waals surface area contributed by atoms with Gasteiger partial charge in [0.05, 0.1) is 5.60 Å². The van der Waals surface area contributed by atoms with Gasteiger partial charge in [0.25, 0.3) is 0 Å². The number of benzene rings is 1. The maximum atomic E-state index is 10.9. The Morgan fingerprint density at radius 1 is 1.10 bits per heavy atom. The van der Waals surface area contributed by atoms with E-state index in [1.807, 2.05) is 0 Å². The van der Waals surface area contributed by atoms with Crippen LogP contribution in [0.25, 0.3) is 0 Å². The molecule has 0 aromatic heterocycles. The molecule has 4 aliphatic carbocycles. The molecule has 0 saturated heterocycles. The molecule has 3 bridgehead atoms. The van der Waals surface area contributed by atoms with Crippen LogP contribution in [-0.4, -0.2) is 16.2 Å². The molecule has 0 aliphatic heterocycles. The molecule has 5 rings (SSSR count). The summed E-state index contributed by atoms with van der Waals surface area (Å²) in [7, 11) is 0. The predicted octanol–water partition coefficient (Wildman–Crippen LogP) is 3.62. The Balaban J connectivity index is 1.39. The lowest BCUT2D eigenvalue weighted by Gasteiger charge is -2.49. The van der Waals surface area contributed by atoms with Crippen LogP contribution < -0.4 is 5.32 Å². The minimum atomic E-state index is -0.360. The van der Waals surface area contributed by atoms with Gasteiger partial charge in [-0.1, -0.05) is 28.1 Å². The van der Waals surface area contributed by atoms with Crippen molar-refractivity contribution in [1.82, 2.24) is 5.32 Å². The van der Waals surface area contributed by atoms with E-state index in [9.17, 15) is 5.11 Å². The number of hydrogen-bond donors (Lipinski definition) is 2. The molecule has 2 N–H and O–H groups in total. The van der Waals surface area contributed by atoms with Gasteiger partial charge >= 0.3 is 0 Å². The number of nitrogens with one attached hydrogen (secondary N) is 1. The summed E-state index contributed by atoms with van der Waals surface area (Å²) in [5.74, 6) is 1.71. The van der Waals surface area contributed by atoms with Crippen LogP contribution in [0.1, 0.15) is 44.1 Å². The van der Waals surface area contributed by atoms with Crippen LogP contribution in [0, 0.1) is 17.3 Å². The lowest BCUT2D eigenvalue weighted by Crippen LogP contribution is -2.51. The standard InChI is InChI=1S/C18H22BrNO/c19-15-3-1-12(2-4-15)8-20-16-6-13-5-14-7-17(21,9-16)11-18(13,14)10-16/h1-4,13-14,20-21H,5-11H2. The second kappa shape index (κ2) is 3.93. The van der Waals surface area contributed by atoms with Crippen molar-refractivity contribution in [3.05, 3.63) is 34.3 Å². The first-order chi connectivity index (χ1) is 10.0. The Labute approximate surface area is 134 Å². The van der Waals surface area contributed by atoms with Crippen LogP contribution in [0.2, 0.25) is 0 Å². The Morgan fingerprint density at radius 3 is 2.67 bits per heavy atom. The normalized spacial score (nSPS) is 49.2. The fourth-order valence-electron chi connectivity index (χ4n) is 6.50. The van der Waals surface area contributed by atoms with Gasteiger partial charge in [0.2, 0.25) is 0 Å². The second-order valence-electron chi connectivity index (χ2n) is 8.29. The summed E-state index contributed by atoms with van der Waals surface area (Å²) in [4.78, 5) is 0. The SMILES string of the molecule is OC12CC3CC4CC(NCc5ccc(Br)cc5)(C1)CC34C2. The highest BCUT2D eigenvalue weighted by molar-refractivity contribution is 9.10. The van der Waals surface area contributed by atoms with Gasteiger partial charge in [-0.2, -0.15) is 0 Å². The lowest BCUT2D eigenvalue weighted by atomic mass is 9.56. The summed E-state index contributed by atoms with van der Waals surface area (Å²) in [6.45, 7) is 0.927. The van der Waals surface area contributed by atoms with E-state index in [1.54, 1.807) is 0 Å². The van der Waals surface area contributed by atoms with Crippen molar-refractivity contribution in [2.24, 2.45) is 17.3 Å². The molecule has 1 aromatic carbocycles. The molecule has 5 unspecified atom stereocenters. The van der Waals surface area contributed by atoms with Crippen LogP contribution in [0.15, 0.2) is 28.7 Å². The topological polar surface area (TPSA) is 32.3 Å². The predicted molar refractivity (Wildman–Crippen MR) is 85.8 cm³/mol. The van der Waals surface area contributed by atoms with E-state index in [1.165, 1.54) is 24.8 Å². The van der Waals surface area contributed by atoms with Crippen molar-refractivity contribution >= 4 is 15.9 Å². The Bertz CT molecular complexity index is 598. The number of aliphatic hydroxyl groups is 1. The highest BCUT2D eigenvalue weighted by atomic mass is 79.9. The van der Waals surface area contributed by atoms with Crippen molar-refractivity contribution in [2.75, 3.05) is 0 Å². The van der Waals surface area contributed by atoms with Gasteiger partial charge in [0.15, 0.2) is 0 Å². The minimum absolute atomic E-state index is 0.204. The fourth-order valence-corrected chi connectivity index (χ4v) is 6.77. The maximum absolute atomic E-state index is 10.9. The van der Waals surface area contributed by atoms with Gasteiger partial charge < -0.3 is 10.4 Å². The number of hydrogen-bond acceptors (Lipinski definition) is 2. The van der Waals surface area contributed by atoms with Crippen LogP contribution in [0.4, 0.5) is 0 Å². The van der Waals surface area contributed by atoms with Gasteiger partial charge in [0.1, 0.15) is 0 Å². The summed E-state index contributed by atoms with van der Waals surface area (Å²) in [5, 5.41) is 14.8. The number of rotatable bonds is 3. The third kappa shape index (κ3) is 1.71. The molecule has 4 fully saturated rings.